The molecular weight excluding hydrogens is 600 g/mol. The van der Waals surface area contributed by atoms with Gasteiger partial charge < -0.3 is 24.3 Å². The number of amides is 1. The number of likely N-dealkylation sites (N-methyl/N-ethyl adjacent to an activating group) is 1. The second kappa shape index (κ2) is 12.4. The number of pyridine rings is 1. The van der Waals surface area contributed by atoms with Crippen molar-refractivity contribution in [3.05, 3.63) is 58.0 Å². The summed E-state index contributed by atoms with van der Waals surface area (Å²) >= 11 is 6.04. The van der Waals surface area contributed by atoms with Gasteiger partial charge in [0, 0.05) is 43.3 Å². The highest BCUT2D eigenvalue weighted by molar-refractivity contribution is 6.31. The average Bonchev–Trinajstić information content (AvgIpc) is 3.37. The number of likely N-dealkylation sites (tertiary alicyclic amines) is 1. The van der Waals surface area contributed by atoms with Crippen LogP contribution < -0.4 is 14.5 Å². The van der Waals surface area contributed by atoms with Crippen LogP contribution >= 0.6 is 11.6 Å². The van der Waals surface area contributed by atoms with Crippen LogP contribution in [-0.4, -0.2) is 78.7 Å². The Balaban J connectivity index is 1.56. The number of ether oxygens (including phenoxy) is 1. The Morgan fingerprint density at radius 2 is 1.91 bits per heavy atom. The number of rotatable bonds is 6. The summed E-state index contributed by atoms with van der Waals surface area (Å²) < 4.78 is 62.3. The number of piperazine rings is 1. The first-order chi connectivity index (χ1) is 20.8. The quantitative estimate of drug-likeness (QED) is 0.304. The fraction of sp³-hybridized carbons (Fsp3) is 0.516. The Bertz CT molecular complexity index is 1480. The van der Waals surface area contributed by atoms with Gasteiger partial charge >= 0.3 is 6.18 Å². The minimum atomic E-state index is -4.66. The molecule has 2 aromatic rings. The number of nitrogens with zero attached hydrogens (tertiary/aromatic N) is 6. The Morgan fingerprint density at radius 3 is 2.50 bits per heavy atom. The molecule has 3 aliphatic heterocycles. The van der Waals surface area contributed by atoms with Gasteiger partial charge in [0.25, 0.3) is 5.91 Å². The molecule has 3 aliphatic rings. The van der Waals surface area contributed by atoms with Crippen LogP contribution in [0.4, 0.5) is 28.9 Å². The minimum absolute atomic E-state index is 0.0424. The molecule has 0 radical (unpaired) electrons. The van der Waals surface area contributed by atoms with E-state index in [2.05, 4.69) is 17.5 Å². The van der Waals surface area contributed by atoms with Gasteiger partial charge in [-0.2, -0.15) is 18.4 Å². The molecule has 5 rings (SSSR count). The van der Waals surface area contributed by atoms with E-state index in [4.69, 9.17) is 21.3 Å². The molecule has 2 fully saturated rings. The number of hydrogen-bond acceptors (Lipinski definition) is 7. The van der Waals surface area contributed by atoms with E-state index >= 15 is 0 Å². The van der Waals surface area contributed by atoms with Gasteiger partial charge in [-0.25, -0.2) is 9.37 Å². The molecule has 0 spiro atoms. The number of hydrogen-bond donors (Lipinski definition) is 0. The summed E-state index contributed by atoms with van der Waals surface area (Å²) in [5.41, 5.74) is 1.14. The number of halogens is 5. The molecule has 0 unspecified atom stereocenters. The first-order valence-corrected chi connectivity index (χ1v) is 15.0. The summed E-state index contributed by atoms with van der Waals surface area (Å²) in [6.07, 6.45) is -2.39. The maximum Gasteiger partial charge on any atom is 0.419 e. The first-order valence-electron chi connectivity index (χ1n) is 14.6. The number of alkyl halides is 3. The fourth-order valence-electron chi connectivity index (χ4n) is 6.76. The van der Waals surface area contributed by atoms with Gasteiger partial charge in [-0.1, -0.05) is 24.2 Å². The van der Waals surface area contributed by atoms with E-state index in [1.807, 2.05) is 11.9 Å². The molecule has 0 bridgehead atoms. The number of anilines is 2. The monoisotopic (exact) mass is 634 g/mol. The summed E-state index contributed by atoms with van der Waals surface area (Å²) in [7, 11) is 2.01. The van der Waals surface area contributed by atoms with Crippen molar-refractivity contribution in [2.45, 2.75) is 64.0 Å². The molecule has 3 atom stereocenters. The molecule has 1 aromatic heterocycles. The average molecular weight is 635 g/mol. The number of carbonyl (C=O) groups excluding carboxylic acids is 1. The molecule has 2 saturated heterocycles. The van der Waals surface area contributed by atoms with Gasteiger partial charge in [-0.05, 0) is 58.8 Å². The number of aromatic nitrogens is 1. The lowest BCUT2D eigenvalue weighted by Gasteiger charge is -2.46. The Morgan fingerprint density at radius 1 is 1.20 bits per heavy atom. The number of carbonyl (C=O) groups is 1. The van der Waals surface area contributed by atoms with Gasteiger partial charge in [-0.15, -0.1) is 0 Å². The van der Waals surface area contributed by atoms with Crippen LogP contribution in [0.2, 0.25) is 5.02 Å². The van der Waals surface area contributed by atoms with Crippen LogP contribution in [-0.2, 0) is 23.9 Å². The van der Waals surface area contributed by atoms with Crippen molar-refractivity contribution in [1.82, 2.24) is 14.8 Å². The van der Waals surface area contributed by atoms with E-state index in [1.54, 1.807) is 18.7 Å². The van der Waals surface area contributed by atoms with Crippen LogP contribution in [0, 0.1) is 11.3 Å². The second-order valence-corrected chi connectivity index (χ2v) is 12.2. The van der Waals surface area contributed by atoms with Crippen molar-refractivity contribution in [2.75, 3.05) is 49.6 Å². The number of benzene rings is 1. The molecular formula is C31H35ClF4N6O2. The van der Waals surface area contributed by atoms with Gasteiger partial charge in [0.05, 0.1) is 34.2 Å². The molecule has 1 amide bonds. The van der Waals surface area contributed by atoms with Crippen LogP contribution in [0.1, 0.15) is 49.1 Å². The van der Waals surface area contributed by atoms with Crippen molar-refractivity contribution in [1.29, 1.82) is 5.26 Å². The number of nitriles is 1. The van der Waals surface area contributed by atoms with Crippen LogP contribution in [0.3, 0.4) is 0 Å². The van der Waals surface area contributed by atoms with E-state index in [-0.39, 0.29) is 41.3 Å². The van der Waals surface area contributed by atoms with E-state index in [1.165, 1.54) is 23.1 Å². The van der Waals surface area contributed by atoms with Crippen LogP contribution in [0.5, 0.6) is 5.88 Å². The third kappa shape index (κ3) is 6.04. The molecule has 0 aliphatic carbocycles. The molecule has 13 heteroatoms. The molecule has 1 aromatic carbocycles. The summed E-state index contributed by atoms with van der Waals surface area (Å²) in [5.74, 6) is -1.69. The SMILES string of the molecule is C=C(F)C(=O)N1[C@H](C)CN(c2c(C#N)c(OC[C@@H]3CCCN3C)nc3c2CCN(c2cccc(Cl)c2C(F)(F)F)C3)C[C@@H]1C. The molecule has 236 valence electrons. The smallest absolute Gasteiger partial charge is 0.419 e. The Kier molecular flexibility index (Phi) is 9.01. The summed E-state index contributed by atoms with van der Waals surface area (Å²) in [4.78, 5) is 24.5. The topological polar surface area (TPSA) is 75.9 Å². The maximum absolute atomic E-state index is 14.1. The van der Waals surface area contributed by atoms with Gasteiger partial charge in [0.1, 0.15) is 18.2 Å². The largest absolute Gasteiger partial charge is 0.475 e. The van der Waals surface area contributed by atoms with Gasteiger partial charge in [0.2, 0.25) is 5.88 Å². The van der Waals surface area contributed by atoms with Crippen LogP contribution in [0.15, 0.2) is 30.6 Å². The summed E-state index contributed by atoms with van der Waals surface area (Å²) in [5, 5.41) is 10.0. The predicted octanol–water partition coefficient (Wildman–Crippen LogP) is 5.57. The van der Waals surface area contributed by atoms with E-state index in [0.29, 0.717) is 37.5 Å². The zero-order valence-electron chi connectivity index (χ0n) is 24.9. The van der Waals surface area contributed by atoms with E-state index in [9.17, 15) is 27.6 Å². The van der Waals surface area contributed by atoms with Crippen molar-refractivity contribution in [3.8, 4) is 11.9 Å². The predicted molar refractivity (Wildman–Crippen MR) is 160 cm³/mol. The third-order valence-corrected chi connectivity index (χ3v) is 9.12. The van der Waals surface area contributed by atoms with Crippen molar-refractivity contribution in [2.24, 2.45) is 0 Å². The number of fused-ring (bicyclic) bond motifs is 1. The molecule has 0 N–H and O–H groups in total. The second-order valence-electron chi connectivity index (χ2n) is 11.8. The van der Waals surface area contributed by atoms with Gasteiger partial charge in [-0.3, -0.25) is 4.79 Å². The Labute approximate surface area is 259 Å². The van der Waals surface area contributed by atoms with Gasteiger partial charge in [0.15, 0.2) is 5.83 Å². The molecule has 0 saturated carbocycles. The summed E-state index contributed by atoms with van der Waals surface area (Å²) in [6, 6.07) is 5.71. The standard InChI is InChI=1S/C31H35ClF4N6O2/c1-18-14-41(15-19(2)42(18)30(43)20(3)33)28-22-10-12-40(26-9-5-8-24(32)27(26)31(34,35)36)16-25(22)38-29(23(28)13-37)44-17-21-7-6-11-39(21)4/h5,8-9,18-19,21H,3,6-7,10-12,14-17H2,1-2,4H3/t18-,19+,21-/m0/s1. The van der Waals surface area contributed by atoms with E-state index < -0.39 is 35.6 Å². The molecule has 4 heterocycles. The van der Waals surface area contributed by atoms with Crippen molar-refractivity contribution >= 4 is 28.9 Å². The maximum atomic E-state index is 14.1. The lowest BCUT2D eigenvalue weighted by atomic mass is 9.96. The third-order valence-electron chi connectivity index (χ3n) is 8.81. The zero-order valence-corrected chi connectivity index (χ0v) is 25.7. The fourth-order valence-corrected chi connectivity index (χ4v) is 7.04. The normalized spacial score (nSPS) is 22.5. The van der Waals surface area contributed by atoms with E-state index in [0.717, 1.165) is 24.9 Å². The van der Waals surface area contributed by atoms with Crippen LogP contribution in [0.25, 0.3) is 0 Å². The summed E-state index contributed by atoms with van der Waals surface area (Å²) in [6.45, 7) is 8.88. The zero-order chi connectivity index (χ0) is 31.9. The first kappa shape index (κ1) is 31.9. The molecule has 8 nitrogen and oxygen atoms in total. The lowest BCUT2D eigenvalue weighted by molar-refractivity contribution is -0.137. The molecule has 44 heavy (non-hydrogen) atoms. The Hall–Kier alpha value is -3.56. The van der Waals surface area contributed by atoms with Crippen molar-refractivity contribution < 1.29 is 27.1 Å². The highest BCUT2D eigenvalue weighted by Gasteiger charge is 2.40. The highest BCUT2D eigenvalue weighted by atomic mass is 35.5. The van der Waals surface area contributed by atoms with Crippen molar-refractivity contribution in [3.63, 3.8) is 0 Å². The highest BCUT2D eigenvalue weighted by Crippen LogP contribution is 2.44. The minimum Gasteiger partial charge on any atom is -0.475 e. The lowest BCUT2D eigenvalue weighted by Crippen LogP contribution is -2.59.